The lowest BCUT2D eigenvalue weighted by Gasteiger charge is -2.17. The van der Waals surface area contributed by atoms with Gasteiger partial charge in [0.1, 0.15) is 18.0 Å². The Morgan fingerprint density at radius 1 is 1.24 bits per heavy atom. The molecule has 3 rings (SSSR count). The Labute approximate surface area is 130 Å². The van der Waals surface area contributed by atoms with Crippen LogP contribution in [-0.2, 0) is 4.74 Å². The quantitative estimate of drug-likeness (QED) is 0.778. The number of fused-ring (bicyclic) bond motifs is 1. The minimum atomic E-state index is -0.385. The molecule has 0 unspecified atom stereocenters. The fourth-order valence-electron chi connectivity index (χ4n) is 2.09. The number of carbonyl (C=O) groups excluding carboxylic acids is 1. The van der Waals surface area contributed by atoms with E-state index in [2.05, 4.69) is 20.9 Å². The van der Waals surface area contributed by atoms with Gasteiger partial charge >= 0.3 is 5.97 Å². The summed E-state index contributed by atoms with van der Waals surface area (Å²) >= 11 is 3.41. The van der Waals surface area contributed by atoms with Gasteiger partial charge in [-0.3, -0.25) is 0 Å². The molecule has 0 amide bonds. The lowest BCUT2D eigenvalue weighted by molar-refractivity contribution is 0.0600. The van der Waals surface area contributed by atoms with Gasteiger partial charge in [0, 0.05) is 4.47 Å². The van der Waals surface area contributed by atoms with Crippen LogP contribution >= 0.6 is 15.9 Å². The second-order valence-electron chi connectivity index (χ2n) is 4.53. The Morgan fingerprint density at radius 3 is 2.71 bits per heavy atom. The Kier molecular flexibility index (Phi) is 3.75. The Hall–Kier alpha value is -2.14. The second-order valence-corrected chi connectivity index (χ2v) is 5.44. The highest BCUT2D eigenvalue weighted by atomic mass is 79.9. The first-order valence-corrected chi connectivity index (χ1v) is 7.15. The van der Waals surface area contributed by atoms with Gasteiger partial charge < -0.3 is 9.47 Å². The Bertz CT molecular complexity index is 723. The van der Waals surface area contributed by atoms with Gasteiger partial charge in [0.15, 0.2) is 0 Å². The molecule has 0 fully saturated rings. The van der Waals surface area contributed by atoms with Crippen molar-refractivity contribution in [2.24, 2.45) is 4.99 Å². The van der Waals surface area contributed by atoms with Crippen molar-refractivity contribution in [3.05, 3.63) is 58.1 Å². The maximum atomic E-state index is 11.6. The number of hydrogen-bond acceptors (Lipinski definition) is 4. The molecule has 0 aromatic heterocycles. The Balaban J connectivity index is 1.99. The van der Waals surface area contributed by atoms with Crippen LogP contribution in [0.15, 0.2) is 51.9 Å². The van der Waals surface area contributed by atoms with E-state index in [0.29, 0.717) is 23.6 Å². The summed E-state index contributed by atoms with van der Waals surface area (Å²) < 4.78 is 11.4. The number of halogens is 1. The molecule has 2 aromatic rings. The summed E-state index contributed by atoms with van der Waals surface area (Å²) in [6, 6.07) is 13.0. The predicted octanol–water partition coefficient (Wildman–Crippen LogP) is 3.75. The van der Waals surface area contributed by atoms with Crippen molar-refractivity contribution >= 4 is 33.3 Å². The van der Waals surface area contributed by atoms with Gasteiger partial charge in [0.05, 0.1) is 18.4 Å². The van der Waals surface area contributed by atoms with Crippen molar-refractivity contribution in [1.29, 1.82) is 0 Å². The van der Waals surface area contributed by atoms with Crippen molar-refractivity contribution in [3.63, 3.8) is 0 Å². The van der Waals surface area contributed by atoms with Crippen LogP contribution in [0.4, 0.5) is 5.69 Å². The minimum absolute atomic E-state index is 0.385. The molecule has 1 aliphatic heterocycles. The van der Waals surface area contributed by atoms with E-state index in [9.17, 15) is 4.79 Å². The van der Waals surface area contributed by atoms with E-state index < -0.39 is 0 Å². The second kappa shape index (κ2) is 5.69. The molecule has 4 nitrogen and oxygen atoms in total. The van der Waals surface area contributed by atoms with E-state index >= 15 is 0 Å². The number of nitrogens with zero attached hydrogens (tertiary/aromatic N) is 1. The molecule has 0 saturated heterocycles. The molecular weight excluding hydrogens is 334 g/mol. The summed E-state index contributed by atoms with van der Waals surface area (Å²) in [5.41, 5.74) is 2.92. The number of ether oxygens (including phenoxy) is 2. The van der Waals surface area contributed by atoms with E-state index in [1.165, 1.54) is 7.11 Å². The first-order valence-electron chi connectivity index (χ1n) is 6.36. The fraction of sp³-hybridized carbons (Fsp3) is 0.125. The van der Waals surface area contributed by atoms with E-state index in [1.54, 1.807) is 18.2 Å². The third-order valence-electron chi connectivity index (χ3n) is 3.18. The smallest absolute Gasteiger partial charge is 0.337 e. The highest BCUT2D eigenvalue weighted by Crippen LogP contribution is 2.32. The van der Waals surface area contributed by atoms with Gasteiger partial charge in [-0.15, -0.1) is 0 Å². The zero-order chi connectivity index (χ0) is 14.8. The van der Waals surface area contributed by atoms with Gasteiger partial charge in [-0.2, -0.15) is 0 Å². The topological polar surface area (TPSA) is 47.9 Å². The molecule has 0 radical (unpaired) electrons. The summed E-state index contributed by atoms with van der Waals surface area (Å²) in [5, 5.41) is 0. The van der Waals surface area contributed by atoms with Crippen LogP contribution in [0.2, 0.25) is 0 Å². The number of carbonyl (C=O) groups is 1. The molecule has 2 aromatic carbocycles. The van der Waals surface area contributed by atoms with Crippen molar-refractivity contribution in [1.82, 2.24) is 0 Å². The lowest BCUT2D eigenvalue weighted by atomic mass is 10.1. The number of methoxy groups -OCH3 is 1. The summed E-state index contributed by atoms with van der Waals surface area (Å²) in [6.07, 6.45) is 0. The van der Waals surface area contributed by atoms with E-state index in [-0.39, 0.29) is 5.97 Å². The van der Waals surface area contributed by atoms with Gasteiger partial charge in [-0.05, 0) is 35.9 Å². The van der Waals surface area contributed by atoms with Crippen LogP contribution in [0.3, 0.4) is 0 Å². The first kappa shape index (κ1) is 13.8. The van der Waals surface area contributed by atoms with Crippen molar-refractivity contribution in [3.8, 4) is 5.75 Å². The molecular formula is C16H12BrNO3. The third kappa shape index (κ3) is 2.83. The largest absolute Gasteiger partial charge is 0.485 e. The highest BCUT2D eigenvalue weighted by molar-refractivity contribution is 9.10. The standard InChI is InChI=1S/C16H12BrNO3/c1-20-16(19)11-4-7-15-13(8-11)18-14(9-21-15)10-2-5-12(17)6-3-10/h2-8H,9H2,1H3. The summed E-state index contributed by atoms with van der Waals surface area (Å²) in [4.78, 5) is 16.2. The average Bonchev–Trinajstić information content (AvgIpc) is 2.53. The molecule has 0 N–H and O–H groups in total. The first-order chi connectivity index (χ1) is 10.2. The van der Waals surface area contributed by atoms with Crippen LogP contribution in [0.25, 0.3) is 0 Å². The zero-order valence-electron chi connectivity index (χ0n) is 11.3. The maximum absolute atomic E-state index is 11.6. The molecule has 0 saturated carbocycles. The molecule has 0 aliphatic carbocycles. The molecule has 21 heavy (non-hydrogen) atoms. The monoisotopic (exact) mass is 345 g/mol. The van der Waals surface area contributed by atoms with E-state index in [4.69, 9.17) is 9.47 Å². The molecule has 5 heteroatoms. The fourth-order valence-corrected chi connectivity index (χ4v) is 2.35. The van der Waals surface area contributed by atoms with Crippen LogP contribution in [0.5, 0.6) is 5.75 Å². The maximum Gasteiger partial charge on any atom is 0.337 e. The van der Waals surface area contributed by atoms with E-state index in [1.807, 2.05) is 24.3 Å². The number of aliphatic imine (C=N–C) groups is 1. The lowest BCUT2D eigenvalue weighted by Crippen LogP contribution is -2.16. The molecule has 0 spiro atoms. The normalized spacial score (nSPS) is 13.0. The van der Waals surface area contributed by atoms with Crippen LogP contribution in [0.1, 0.15) is 15.9 Å². The van der Waals surface area contributed by atoms with E-state index in [0.717, 1.165) is 15.7 Å². The van der Waals surface area contributed by atoms with Crippen molar-refractivity contribution in [2.45, 2.75) is 0 Å². The predicted molar refractivity (Wildman–Crippen MR) is 83.6 cm³/mol. The third-order valence-corrected chi connectivity index (χ3v) is 3.71. The van der Waals surface area contributed by atoms with Gasteiger partial charge in [0.25, 0.3) is 0 Å². The Morgan fingerprint density at radius 2 is 2.00 bits per heavy atom. The molecule has 1 heterocycles. The average molecular weight is 346 g/mol. The van der Waals surface area contributed by atoms with Gasteiger partial charge in [-0.1, -0.05) is 28.1 Å². The van der Waals surface area contributed by atoms with Crippen molar-refractivity contribution < 1.29 is 14.3 Å². The van der Waals surface area contributed by atoms with Gasteiger partial charge in [0.2, 0.25) is 0 Å². The van der Waals surface area contributed by atoms with Crippen molar-refractivity contribution in [2.75, 3.05) is 13.7 Å². The number of benzene rings is 2. The zero-order valence-corrected chi connectivity index (χ0v) is 12.9. The summed E-state index contributed by atoms with van der Waals surface area (Å²) in [7, 11) is 1.36. The van der Waals surface area contributed by atoms with Crippen LogP contribution in [0, 0.1) is 0 Å². The van der Waals surface area contributed by atoms with Crippen LogP contribution < -0.4 is 4.74 Å². The molecule has 0 bridgehead atoms. The molecule has 0 atom stereocenters. The number of rotatable bonds is 2. The highest BCUT2D eigenvalue weighted by Gasteiger charge is 2.17. The number of hydrogen-bond donors (Lipinski definition) is 0. The molecule has 1 aliphatic rings. The number of esters is 1. The van der Waals surface area contributed by atoms with Crippen LogP contribution in [-0.4, -0.2) is 25.4 Å². The summed E-state index contributed by atoms with van der Waals surface area (Å²) in [6.45, 7) is 0.409. The van der Waals surface area contributed by atoms with Gasteiger partial charge in [-0.25, -0.2) is 9.79 Å². The summed E-state index contributed by atoms with van der Waals surface area (Å²) in [5.74, 6) is 0.285. The SMILES string of the molecule is COC(=O)c1ccc2c(c1)N=C(c1ccc(Br)cc1)CO2. The minimum Gasteiger partial charge on any atom is -0.485 e. The molecule has 106 valence electrons.